The lowest BCUT2D eigenvalue weighted by Gasteiger charge is -2.19. The maximum Gasteiger partial charge on any atom is 0.349 e. The molecule has 2 aromatic rings. The Morgan fingerprint density at radius 3 is 2.67 bits per heavy atom. The quantitative estimate of drug-likeness (QED) is 0.126. The Labute approximate surface area is 197 Å². The van der Waals surface area contributed by atoms with E-state index in [4.69, 9.17) is 28.5 Å². The van der Waals surface area contributed by atoms with Crippen LogP contribution in [0.25, 0.3) is 0 Å². The summed E-state index contributed by atoms with van der Waals surface area (Å²) in [5.74, 6) is -0.360. The molecule has 0 spiro atoms. The zero-order valence-corrected chi connectivity index (χ0v) is 19.6. The van der Waals surface area contributed by atoms with Gasteiger partial charge in [0.05, 0.1) is 11.8 Å². The van der Waals surface area contributed by atoms with Gasteiger partial charge in [-0.25, -0.2) is 4.79 Å². The second-order valence-corrected chi connectivity index (χ2v) is 7.99. The summed E-state index contributed by atoms with van der Waals surface area (Å²) in [6, 6.07) is 1.85. The van der Waals surface area contributed by atoms with E-state index in [1.807, 2.05) is 0 Å². The fraction of sp³-hybridized carbons (Fsp3) is 0.550. The molecule has 12 nitrogen and oxygen atoms in total. The first-order valence-corrected chi connectivity index (χ1v) is 11.3. The molecule has 33 heavy (non-hydrogen) atoms. The van der Waals surface area contributed by atoms with Gasteiger partial charge in [0.25, 0.3) is 5.91 Å². The molecule has 0 bridgehead atoms. The summed E-state index contributed by atoms with van der Waals surface area (Å²) >= 11 is 6.03. The van der Waals surface area contributed by atoms with Crippen molar-refractivity contribution in [2.75, 3.05) is 25.0 Å². The molecule has 0 saturated heterocycles. The van der Waals surface area contributed by atoms with E-state index < -0.39 is 11.6 Å². The Morgan fingerprint density at radius 1 is 1.27 bits per heavy atom. The first-order chi connectivity index (χ1) is 15.8. The molecule has 0 unspecified atom stereocenters. The number of carbonyl (C=O) groups excluding carboxylic acids is 1. The maximum absolute atomic E-state index is 12.4. The predicted molar refractivity (Wildman–Crippen MR) is 129 cm³/mol. The second kappa shape index (κ2) is 13.6. The molecule has 0 radical (unpaired) electrons. The van der Waals surface area contributed by atoms with Crippen LogP contribution in [0.5, 0.6) is 0 Å². The number of anilines is 1. The van der Waals surface area contributed by atoms with E-state index in [0.29, 0.717) is 19.6 Å². The molecular formula is C20H33ClN10O2. The molecule has 0 aliphatic rings. The fourth-order valence-corrected chi connectivity index (χ4v) is 3.44. The Bertz CT molecular complexity index is 974. The number of nitrogens with one attached hydrogen (secondary N) is 4. The molecule has 0 aromatic carbocycles. The van der Waals surface area contributed by atoms with Crippen LogP contribution in [0.2, 0.25) is 5.15 Å². The zero-order valence-electron chi connectivity index (χ0n) is 18.8. The number of hydrogen-bond donors (Lipinski definition) is 6. The highest BCUT2D eigenvalue weighted by Crippen LogP contribution is 2.15. The van der Waals surface area contributed by atoms with E-state index in [9.17, 15) is 9.59 Å². The van der Waals surface area contributed by atoms with Crippen LogP contribution in [-0.2, 0) is 13.6 Å². The molecular weight excluding hydrogens is 448 g/mol. The molecule has 182 valence electrons. The van der Waals surface area contributed by atoms with Crippen molar-refractivity contribution in [3.8, 4) is 0 Å². The third-order valence-corrected chi connectivity index (χ3v) is 5.49. The summed E-state index contributed by atoms with van der Waals surface area (Å²) in [4.78, 5) is 28.6. The van der Waals surface area contributed by atoms with E-state index in [0.717, 1.165) is 38.6 Å². The number of guanidine groups is 1. The molecule has 0 aliphatic heterocycles. The molecule has 2 aromatic heterocycles. The molecule has 2 heterocycles. The van der Waals surface area contributed by atoms with Gasteiger partial charge in [0.15, 0.2) is 5.96 Å². The standard InChI is InChI=1S/C20H33ClN10O2/c1-30-17(21)15(13-27-30)18(32)28-16-7-12-31(20(33)29-16)11-3-6-14(25-10-4-8-22)5-2-9-26-19(23)24/h7,12-14,25H,2-6,8-11,22H2,1H3,(H4,23,24,26)(H,28,29,32,33)/t14-/m0/s1. The summed E-state index contributed by atoms with van der Waals surface area (Å²) in [7, 11) is 1.62. The lowest BCUT2D eigenvalue weighted by Crippen LogP contribution is -2.34. The first kappa shape index (κ1) is 26.3. The van der Waals surface area contributed by atoms with Crippen LogP contribution in [0.3, 0.4) is 0 Å². The number of nitrogens with zero attached hydrogens (tertiary/aromatic N) is 4. The number of rotatable bonds is 14. The van der Waals surface area contributed by atoms with E-state index >= 15 is 0 Å². The molecule has 0 fully saturated rings. The highest BCUT2D eigenvalue weighted by molar-refractivity contribution is 6.33. The van der Waals surface area contributed by atoms with Crippen LogP contribution in [0.15, 0.2) is 23.3 Å². The first-order valence-electron chi connectivity index (χ1n) is 10.9. The average molecular weight is 481 g/mol. The third-order valence-electron chi connectivity index (χ3n) is 5.04. The largest absolute Gasteiger partial charge is 0.370 e. The van der Waals surface area contributed by atoms with E-state index in [1.165, 1.54) is 15.4 Å². The van der Waals surface area contributed by atoms with Gasteiger partial charge in [0.2, 0.25) is 0 Å². The average Bonchev–Trinajstić information content (AvgIpc) is 3.10. The minimum absolute atomic E-state index is 0.0299. The zero-order chi connectivity index (χ0) is 24.2. The minimum Gasteiger partial charge on any atom is -0.370 e. The van der Waals surface area contributed by atoms with Gasteiger partial charge in [0, 0.05) is 32.4 Å². The van der Waals surface area contributed by atoms with Crippen LogP contribution in [0.4, 0.5) is 5.82 Å². The number of carbonyl (C=O) groups is 1. The summed E-state index contributed by atoms with van der Waals surface area (Å²) in [6.07, 6.45) is 7.30. The van der Waals surface area contributed by atoms with Gasteiger partial charge >= 0.3 is 5.69 Å². The Morgan fingerprint density at radius 2 is 2.03 bits per heavy atom. The number of amides is 1. The van der Waals surface area contributed by atoms with Crippen molar-refractivity contribution in [2.45, 2.75) is 44.7 Å². The van der Waals surface area contributed by atoms with Gasteiger partial charge in [0.1, 0.15) is 11.0 Å². The summed E-state index contributed by atoms with van der Waals surface area (Å²) < 4.78 is 2.89. The Balaban J connectivity index is 1.86. The third kappa shape index (κ3) is 8.83. The molecule has 0 saturated carbocycles. The summed E-state index contributed by atoms with van der Waals surface area (Å²) in [5, 5.41) is 20.2. The molecule has 0 aliphatic carbocycles. The van der Waals surface area contributed by atoms with E-state index in [1.54, 1.807) is 19.3 Å². The van der Waals surface area contributed by atoms with Gasteiger partial charge in [-0.1, -0.05) is 11.6 Å². The smallest absolute Gasteiger partial charge is 0.349 e. The minimum atomic E-state index is -0.483. The van der Waals surface area contributed by atoms with Gasteiger partial charge in [-0.3, -0.25) is 19.5 Å². The molecule has 1 amide bonds. The van der Waals surface area contributed by atoms with Crippen LogP contribution in [0, 0.1) is 5.41 Å². The number of hydrogen-bond acceptors (Lipinski definition) is 7. The van der Waals surface area contributed by atoms with Crippen molar-refractivity contribution in [1.82, 2.24) is 30.0 Å². The van der Waals surface area contributed by atoms with Gasteiger partial charge in [-0.2, -0.15) is 10.1 Å². The number of aromatic nitrogens is 4. The maximum atomic E-state index is 12.4. The summed E-state index contributed by atoms with van der Waals surface area (Å²) in [6.45, 7) is 2.61. The highest BCUT2D eigenvalue weighted by Gasteiger charge is 2.15. The van der Waals surface area contributed by atoms with Crippen molar-refractivity contribution in [1.29, 1.82) is 5.41 Å². The normalized spacial score (nSPS) is 11.8. The van der Waals surface area contributed by atoms with Gasteiger partial charge in [-0.05, 0) is 51.3 Å². The number of halogens is 1. The fourth-order valence-electron chi connectivity index (χ4n) is 3.26. The van der Waals surface area contributed by atoms with Gasteiger partial charge in [-0.15, -0.1) is 0 Å². The molecule has 13 heteroatoms. The van der Waals surface area contributed by atoms with Crippen LogP contribution < -0.4 is 33.1 Å². The van der Waals surface area contributed by atoms with Crippen molar-refractivity contribution < 1.29 is 4.79 Å². The van der Waals surface area contributed by atoms with E-state index in [2.05, 4.69) is 26.0 Å². The van der Waals surface area contributed by atoms with Crippen LogP contribution >= 0.6 is 11.6 Å². The van der Waals surface area contributed by atoms with E-state index in [-0.39, 0.29) is 28.5 Å². The van der Waals surface area contributed by atoms with Gasteiger partial charge < -0.3 is 27.4 Å². The lowest BCUT2D eigenvalue weighted by molar-refractivity contribution is 0.102. The second-order valence-electron chi connectivity index (χ2n) is 7.63. The SMILES string of the molecule is Cn1ncc(C(=O)Nc2ccn(CCC[C@H](CCCNC(=N)N)NCCCN)c(=O)n2)c1Cl. The summed E-state index contributed by atoms with van der Waals surface area (Å²) in [5.41, 5.74) is 10.7. The highest BCUT2D eigenvalue weighted by atomic mass is 35.5. The van der Waals surface area contributed by atoms with Crippen molar-refractivity contribution in [3.05, 3.63) is 39.7 Å². The number of aryl methyl sites for hydroxylation is 2. The molecule has 8 N–H and O–H groups in total. The molecule has 2 rings (SSSR count). The van der Waals surface area contributed by atoms with Crippen molar-refractivity contribution in [2.24, 2.45) is 18.5 Å². The topological polar surface area (TPSA) is 182 Å². The molecule has 1 atom stereocenters. The van der Waals surface area contributed by atoms with Crippen molar-refractivity contribution in [3.63, 3.8) is 0 Å². The number of nitrogens with two attached hydrogens (primary N) is 2. The van der Waals surface area contributed by atoms with Crippen LogP contribution in [-0.4, -0.2) is 56.9 Å². The van der Waals surface area contributed by atoms with Crippen molar-refractivity contribution >= 4 is 29.3 Å². The van der Waals surface area contributed by atoms with Crippen LogP contribution in [0.1, 0.15) is 42.5 Å². The predicted octanol–water partition coefficient (Wildman–Crippen LogP) is 0.233. The lowest BCUT2D eigenvalue weighted by atomic mass is 10.1. The monoisotopic (exact) mass is 480 g/mol. The Hall–Kier alpha value is -2.96. The Kier molecular flexibility index (Phi) is 10.8.